The summed E-state index contributed by atoms with van der Waals surface area (Å²) in [7, 11) is 0. The molecule has 26 heavy (non-hydrogen) atoms. The van der Waals surface area contributed by atoms with Crippen molar-refractivity contribution in [2.45, 2.75) is 19.9 Å². The van der Waals surface area contributed by atoms with Gasteiger partial charge in [-0.2, -0.15) is 0 Å². The first-order valence-corrected chi connectivity index (χ1v) is 8.39. The number of hydrogen-bond donors (Lipinski definition) is 2. The predicted molar refractivity (Wildman–Crippen MR) is 101 cm³/mol. The van der Waals surface area contributed by atoms with E-state index in [1.165, 1.54) is 17.2 Å². The largest absolute Gasteiger partial charge is 0.380 e. The number of amides is 1. The zero-order chi connectivity index (χ0) is 18.4. The molecule has 5 heteroatoms. The summed E-state index contributed by atoms with van der Waals surface area (Å²) in [6.45, 7) is 2.76. The average molecular weight is 349 g/mol. The predicted octanol–water partition coefficient (Wildman–Crippen LogP) is 4.32. The molecule has 1 aromatic heterocycles. The number of anilines is 2. The van der Waals surface area contributed by atoms with Gasteiger partial charge in [0.1, 0.15) is 11.6 Å². The first-order chi connectivity index (χ1) is 12.6. The van der Waals surface area contributed by atoms with Crippen LogP contribution in [0.3, 0.4) is 0 Å². The van der Waals surface area contributed by atoms with Gasteiger partial charge >= 0.3 is 0 Å². The van der Waals surface area contributed by atoms with Gasteiger partial charge in [0.15, 0.2) is 0 Å². The van der Waals surface area contributed by atoms with Crippen LogP contribution < -0.4 is 10.6 Å². The highest BCUT2D eigenvalue weighted by Gasteiger charge is 2.08. The molecule has 0 atom stereocenters. The summed E-state index contributed by atoms with van der Waals surface area (Å²) in [6.07, 6.45) is 1.64. The molecule has 0 fully saturated rings. The monoisotopic (exact) mass is 349 g/mol. The SMILES string of the molecule is Cc1cccc(CNc2ccc(NC(=O)Cc3ccccc3F)nc2)c1. The highest BCUT2D eigenvalue weighted by molar-refractivity contribution is 5.91. The number of hydrogen-bond acceptors (Lipinski definition) is 3. The lowest BCUT2D eigenvalue weighted by Gasteiger charge is -2.09. The molecule has 0 aliphatic heterocycles. The van der Waals surface area contributed by atoms with Gasteiger partial charge in [0, 0.05) is 6.54 Å². The molecule has 0 radical (unpaired) electrons. The number of carbonyl (C=O) groups excluding carboxylic acids is 1. The molecule has 2 aromatic carbocycles. The Balaban J connectivity index is 1.54. The molecule has 3 rings (SSSR count). The van der Waals surface area contributed by atoms with Crippen molar-refractivity contribution in [2.24, 2.45) is 0 Å². The summed E-state index contributed by atoms with van der Waals surface area (Å²) < 4.78 is 13.6. The summed E-state index contributed by atoms with van der Waals surface area (Å²) in [5.74, 6) is -0.248. The smallest absolute Gasteiger partial charge is 0.230 e. The standard InChI is InChI=1S/C21H20FN3O/c1-15-5-4-6-16(11-15)13-23-18-9-10-20(24-14-18)25-21(26)12-17-7-2-3-8-19(17)22/h2-11,14,23H,12-13H2,1H3,(H,24,25,26). The molecule has 0 aliphatic carbocycles. The molecule has 0 spiro atoms. The number of nitrogens with one attached hydrogen (secondary N) is 2. The Hall–Kier alpha value is -3.21. The van der Waals surface area contributed by atoms with Gasteiger partial charge in [-0.15, -0.1) is 0 Å². The molecule has 4 nitrogen and oxygen atoms in total. The second kappa shape index (κ2) is 8.25. The molecular formula is C21H20FN3O. The Morgan fingerprint density at radius 1 is 1.08 bits per heavy atom. The van der Waals surface area contributed by atoms with Crippen molar-refractivity contribution < 1.29 is 9.18 Å². The van der Waals surface area contributed by atoms with Crippen molar-refractivity contribution in [3.05, 3.63) is 89.4 Å². The van der Waals surface area contributed by atoms with Crippen LogP contribution >= 0.6 is 0 Å². The lowest BCUT2D eigenvalue weighted by atomic mass is 10.1. The van der Waals surface area contributed by atoms with Gasteiger partial charge in [-0.25, -0.2) is 9.37 Å². The Labute approximate surface area is 152 Å². The molecule has 3 aromatic rings. The summed E-state index contributed by atoms with van der Waals surface area (Å²) in [5, 5.41) is 5.97. The molecular weight excluding hydrogens is 329 g/mol. The minimum absolute atomic E-state index is 0.0261. The minimum atomic E-state index is -0.383. The summed E-state index contributed by atoms with van der Waals surface area (Å²) in [4.78, 5) is 16.3. The third-order valence-corrected chi connectivity index (χ3v) is 3.92. The van der Waals surface area contributed by atoms with Gasteiger partial charge < -0.3 is 10.6 Å². The number of pyridine rings is 1. The normalized spacial score (nSPS) is 10.4. The topological polar surface area (TPSA) is 54.0 Å². The lowest BCUT2D eigenvalue weighted by Crippen LogP contribution is -2.16. The number of halogens is 1. The van der Waals surface area contributed by atoms with Crippen LogP contribution in [0.25, 0.3) is 0 Å². The van der Waals surface area contributed by atoms with Crippen LogP contribution in [0.4, 0.5) is 15.9 Å². The van der Waals surface area contributed by atoms with E-state index in [2.05, 4.69) is 40.7 Å². The fourth-order valence-corrected chi connectivity index (χ4v) is 2.60. The van der Waals surface area contributed by atoms with Crippen molar-refractivity contribution >= 4 is 17.4 Å². The van der Waals surface area contributed by atoms with Crippen molar-refractivity contribution in [2.75, 3.05) is 10.6 Å². The summed E-state index contributed by atoms with van der Waals surface area (Å²) in [5.41, 5.74) is 3.63. The highest BCUT2D eigenvalue weighted by atomic mass is 19.1. The Morgan fingerprint density at radius 2 is 1.92 bits per heavy atom. The quantitative estimate of drug-likeness (QED) is 0.697. The van der Waals surface area contributed by atoms with Crippen LogP contribution in [-0.4, -0.2) is 10.9 Å². The second-order valence-electron chi connectivity index (χ2n) is 6.09. The van der Waals surface area contributed by atoms with Crippen molar-refractivity contribution in [1.82, 2.24) is 4.98 Å². The number of aryl methyl sites for hydroxylation is 1. The molecule has 0 bridgehead atoms. The third-order valence-electron chi connectivity index (χ3n) is 3.92. The molecule has 132 valence electrons. The number of benzene rings is 2. The maximum atomic E-state index is 13.6. The highest BCUT2D eigenvalue weighted by Crippen LogP contribution is 2.13. The van der Waals surface area contributed by atoms with Gasteiger partial charge in [-0.05, 0) is 36.2 Å². The van der Waals surface area contributed by atoms with Gasteiger partial charge in [0.25, 0.3) is 0 Å². The summed E-state index contributed by atoms with van der Waals surface area (Å²) >= 11 is 0. The van der Waals surface area contributed by atoms with Crippen LogP contribution in [0.1, 0.15) is 16.7 Å². The van der Waals surface area contributed by atoms with Crippen LogP contribution in [-0.2, 0) is 17.8 Å². The Kier molecular flexibility index (Phi) is 5.59. The van der Waals surface area contributed by atoms with E-state index in [-0.39, 0.29) is 18.1 Å². The Bertz CT molecular complexity index is 894. The molecule has 0 unspecified atom stereocenters. The molecule has 0 aliphatic rings. The van der Waals surface area contributed by atoms with Gasteiger partial charge in [0.05, 0.1) is 18.3 Å². The number of nitrogens with zero attached hydrogens (tertiary/aromatic N) is 1. The molecule has 2 N–H and O–H groups in total. The van der Waals surface area contributed by atoms with Gasteiger partial charge in [-0.1, -0.05) is 48.0 Å². The first-order valence-electron chi connectivity index (χ1n) is 8.39. The van der Waals surface area contributed by atoms with E-state index >= 15 is 0 Å². The van der Waals surface area contributed by atoms with E-state index in [9.17, 15) is 9.18 Å². The molecule has 1 heterocycles. The van der Waals surface area contributed by atoms with E-state index in [4.69, 9.17) is 0 Å². The average Bonchev–Trinajstić information content (AvgIpc) is 2.63. The zero-order valence-electron chi connectivity index (χ0n) is 14.5. The van der Waals surface area contributed by atoms with Crippen LogP contribution in [0.15, 0.2) is 66.9 Å². The zero-order valence-corrected chi connectivity index (χ0v) is 14.5. The van der Waals surface area contributed by atoms with Crippen LogP contribution in [0, 0.1) is 12.7 Å². The fraction of sp³-hybridized carbons (Fsp3) is 0.143. The van der Waals surface area contributed by atoms with Crippen molar-refractivity contribution in [3.63, 3.8) is 0 Å². The van der Waals surface area contributed by atoms with Crippen molar-refractivity contribution in [3.8, 4) is 0 Å². The lowest BCUT2D eigenvalue weighted by molar-refractivity contribution is -0.115. The maximum absolute atomic E-state index is 13.6. The number of rotatable bonds is 6. The van der Waals surface area contributed by atoms with Gasteiger partial charge in [0.2, 0.25) is 5.91 Å². The number of aromatic nitrogens is 1. The van der Waals surface area contributed by atoms with E-state index in [1.807, 2.05) is 12.1 Å². The second-order valence-corrected chi connectivity index (χ2v) is 6.09. The van der Waals surface area contributed by atoms with Crippen LogP contribution in [0.2, 0.25) is 0 Å². The van der Waals surface area contributed by atoms with Crippen molar-refractivity contribution in [1.29, 1.82) is 0 Å². The molecule has 0 saturated heterocycles. The third kappa shape index (κ3) is 4.89. The van der Waals surface area contributed by atoms with E-state index in [0.29, 0.717) is 17.9 Å². The maximum Gasteiger partial charge on any atom is 0.230 e. The molecule has 1 amide bonds. The van der Waals surface area contributed by atoms with Gasteiger partial charge in [-0.3, -0.25) is 4.79 Å². The molecule has 0 saturated carbocycles. The van der Waals surface area contributed by atoms with E-state index < -0.39 is 0 Å². The summed E-state index contributed by atoms with van der Waals surface area (Å²) in [6, 6.07) is 18.1. The Morgan fingerprint density at radius 3 is 2.65 bits per heavy atom. The minimum Gasteiger partial charge on any atom is -0.380 e. The van der Waals surface area contributed by atoms with Crippen LogP contribution in [0.5, 0.6) is 0 Å². The van der Waals surface area contributed by atoms with E-state index in [0.717, 1.165) is 5.69 Å². The van der Waals surface area contributed by atoms with E-state index in [1.54, 1.807) is 30.5 Å². The first kappa shape index (κ1) is 17.6. The number of carbonyl (C=O) groups is 1. The fourth-order valence-electron chi connectivity index (χ4n) is 2.60.